The Morgan fingerprint density at radius 2 is 1.52 bits per heavy atom. The summed E-state index contributed by atoms with van der Waals surface area (Å²) in [4.78, 5) is 70.2. The number of non-ortho nitro benzene ring substituents is 2. The molecule has 0 saturated carbocycles. The third kappa shape index (κ3) is 5.88. The number of nitrogens with zero attached hydrogens (tertiary/aromatic N) is 3. The van der Waals surface area contributed by atoms with Gasteiger partial charge < -0.3 is 19.3 Å². The topological polar surface area (TPSA) is 206 Å². The second kappa shape index (κ2) is 11.9. The zero-order valence-corrected chi connectivity index (χ0v) is 22.9. The van der Waals surface area contributed by atoms with Crippen LogP contribution in [0, 0.1) is 26.1 Å². The van der Waals surface area contributed by atoms with Crippen LogP contribution in [-0.4, -0.2) is 61.4 Å². The lowest BCUT2D eigenvalue weighted by Gasteiger charge is -2.54. The number of carboxylic acids is 1. The van der Waals surface area contributed by atoms with Gasteiger partial charge in [-0.25, -0.2) is 9.59 Å². The van der Waals surface area contributed by atoms with Crippen LogP contribution in [0.2, 0.25) is 0 Å². The van der Waals surface area contributed by atoms with Crippen LogP contribution in [0.3, 0.4) is 0 Å². The lowest BCUT2D eigenvalue weighted by atomic mass is 9.78. The summed E-state index contributed by atoms with van der Waals surface area (Å²) in [5.41, 5.74) is 0.292. The minimum atomic E-state index is -1.43. The number of nitro groups is 2. The van der Waals surface area contributed by atoms with Crippen LogP contribution >= 0.6 is 11.8 Å². The lowest BCUT2D eigenvalue weighted by Crippen LogP contribution is -2.71. The van der Waals surface area contributed by atoms with Gasteiger partial charge in [-0.05, 0) is 30.2 Å². The zero-order valence-electron chi connectivity index (χ0n) is 22.1. The third-order valence-electron chi connectivity index (χ3n) is 6.61. The van der Waals surface area contributed by atoms with Crippen LogP contribution in [-0.2, 0) is 41.6 Å². The summed E-state index contributed by atoms with van der Waals surface area (Å²) in [6, 6.07) is 10.8. The number of nitro benzene ring substituents is 2. The van der Waals surface area contributed by atoms with E-state index in [9.17, 15) is 44.5 Å². The number of ether oxygens (including phenoxy) is 3. The van der Waals surface area contributed by atoms with Gasteiger partial charge in [-0.2, -0.15) is 0 Å². The monoisotopic (exact) mass is 601 g/mol. The van der Waals surface area contributed by atoms with E-state index in [2.05, 4.69) is 0 Å². The highest BCUT2D eigenvalue weighted by Crippen LogP contribution is 2.60. The normalized spacial score (nSPS) is 19.8. The highest BCUT2D eigenvalue weighted by molar-refractivity contribution is 8.04. The Kier molecular flexibility index (Phi) is 8.46. The molecular weight excluding hydrogens is 578 g/mol. The summed E-state index contributed by atoms with van der Waals surface area (Å²) in [5, 5.41) is 31.8. The molecule has 1 saturated heterocycles. The molecule has 15 nitrogen and oxygen atoms in total. The maximum atomic E-state index is 13.4. The van der Waals surface area contributed by atoms with Crippen LogP contribution in [0.1, 0.15) is 25.0 Å². The number of aliphatic carboxylic acids is 1. The first-order valence-electron chi connectivity index (χ1n) is 12.3. The van der Waals surface area contributed by atoms with Crippen molar-refractivity contribution in [1.82, 2.24) is 4.90 Å². The third-order valence-corrected chi connectivity index (χ3v) is 8.10. The van der Waals surface area contributed by atoms with Gasteiger partial charge in [0.2, 0.25) is 5.91 Å². The highest BCUT2D eigenvalue weighted by Gasteiger charge is 2.69. The Labute approximate surface area is 241 Å². The minimum Gasteiger partial charge on any atom is -0.477 e. The Morgan fingerprint density at radius 1 is 0.976 bits per heavy atom. The van der Waals surface area contributed by atoms with Crippen LogP contribution in [0.4, 0.5) is 16.2 Å². The molecule has 2 aromatic rings. The van der Waals surface area contributed by atoms with E-state index in [4.69, 9.17) is 14.2 Å². The number of benzene rings is 2. The Bertz CT molecular complexity index is 1490. The van der Waals surface area contributed by atoms with Crippen molar-refractivity contribution in [3.8, 4) is 0 Å². The highest BCUT2D eigenvalue weighted by atomic mass is 32.2. The maximum Gasteiger partial charge on any atom is 0.508 e. The fourth-order valence-corrected chi connectivity index (χ4v) is 6.55. The predicted molar refractivity (Wildman–Crippen MR) is 143 cm³/mol. The van der Waals surface area contributed by atoms with Gasteiger partial charge in [0.15, 0.2) is 0 Å². The van der Waals surface area contributed by atoms with Gasteiger partial charge >= 0.3 is 18.1 Å². The van der Waals surface area contributed by atoms with E-state index in [1.807, 2.05) is 0 Å². The van der Waals surface area contributed by atoms with Crippen molar-refractivity contribution in [2.75, 3.05) is 6.61 Å². The van der Waals surface area contributed by atoms with Crippen molar-refractivity contribution < 1.29 is 48.3 Å². The molecule has 4 rings (SSSR count). The van der Waals surface area contributed by atoms with Gasteiger partial charge in [-0.15, -0.1) is 0 Å². The summed E-state index contributed by atoms with van der Waals surface area (Å²) >= 11 is 0.978. The van der Waals surface area contributed by atoms with Crippen LogP contribution in [0.25, 0.3) is 0 Å². The van der Waals surface area contributed by atoms with E-state index in [1.54, 1.807) is 0 Å². The quantitative estimate of drug-likeness (QED) is 0.169. The average Bonchev–Trinajstić information content (AvgIpc) is 3.21. The smallest absolute Gasteiger partial charge is 0.477 e. The van der Waals surface area contributed by atoms with E-state index in [0.29, 0.717) is 11.1 Å². The number of thioether (sulfide) groups is 1. The molecule has 0 aromatic heterocycles. The molecule has 0 spiro atoms. The molecule has 2 aromatic carbocycles. The number of rotatable bonds is 11. The van der Waals surface area contributed by atoms with Gasteiger partial charge in [0.25, 0.3) is 11.4 Å². The van der Waals surface area contributed by atoms with E-state index >= 15 is 0 Å². The van der Waals surface area contributed by atoms with Crippen molar-refractivity contribution in [3.05, 3.63) is 90.5 Å². The molecule has 1 fully saturated rings. The van der Waals surface area contributed by atoms with Crippen LogP contribution in [0.15, 0.2) is 59.1 Å². The van der Waals surface area contributed by atoms with Crippen molar-refractivity contribution in [2.24, 2.45) is 5.92 Å². The van der Waals surface area contributed by atoms with Gasteiger partial charge in [0.1, 0.15) is 35.8 Å². The van der Waals surface area contributed by atoms with Gasteiger partial charge in [0.05, 0.1) is 14.8 Å². The van der Waals surface area contributed by atoms with Gasteiger partial charge in [-0.3, -0.25) is 34.7 Å². The number of hydrogen-bond acceptors (Lipinski definition) is 12. The lowest BCUT2D eigenvalue weighted by molar-refractivity contribution is -0.385. The zero-order chi connectivity index (χ0) is 30.8. The Morgan fingerprint density at radius 3 is 2.02 bits per heavy atom. The van der Waals surface area contributed by atoms with Crippen molar-refractivity contribution in [3.63, 3.8) is 0 Å². The van der Waals surface area contributed by atoms with Gasteiger partial charge in [-0.1, -0.05) is 23.9 Å². The molecule has 0 unspecified atom stereocenters. The van der Waals surface area contributed by atoms with E-state index in [-0.39, 0.29) is 35.0 Å². The number of β-lactam (4-membered cyclic amide) rings is 1. The van der Waals surface area contributed by atoms with Crippen LogP contribution in [0.5, 0.6) is 0 Å². The van der Waals surface area contributed by atoms with Crippen molar-refractivity contribution >= 4 is 47.1 Å². The number of carbonyl (C=O) groups excluding carboxylic acids is 3. The largest absolute Gasteiger partial charge is 0.508 e. The fraction of sp³-hybridized carbons (Fsp3) is 0.308. The number of fused-ring (bicyclic) bond motifs is 1. The summed E-state index contributed by atoms with van der Waals surface area (Å²) < 4.78 is 15.5. The SMILES string of the molecule is CC(=O)OCC1=C(C(=O)O)N2C(=O)[C@H]([C@@H](C)OC(=O)OCc3ccc([N+](=O)[O-])cc3)[C@@]2(Cc2ccc([N+](=O)[O-])cc2)S1. The molecule has 16 heteroatoms. The molecule has 0 radical (unpaired) electrons. The van der Waals surface area contributed by atoms with Crippen molar-refractivity contribution in [1.29, 1.82) is 0 Å². The van der Waals surface area contributed by atoms with Gasteiger partial charge in [0, 0.05) is 37.6 Å². The van der Waals surface area contributed by atoms with Crippen LogP contribution < -0.4 is 0 Å². The molecular formula is C26H23N3O12S. The number of hydrogen-bond donors (Lipinski definition) is 1. The molecule has 2 heterocycles. The summed E-state index contributed by atoms with van der Waals surface area (Å²) in [5.74, 6) is -3.83. The van der Waals surface area contributed by atoms with E-state index < -0.39 is 57.3 Å². The second-order valence-corrected chi connectivity index (χ2v) is 10.7. The number of carboxylic acid groups (broad SMARTS) is 1. The fourth-order valence-electron chi connectivity index (χ4n) is 4.80. The summed E-state index contributed by atoms with van der Waals surface area (Å²) in [6.45, 7) is 1.91. The first-order valence-corrected chi connectivity index (χ1v) is 13.1. The molecule has 0 aliphatic carbocycles. The first-order chi connectivity index (χ1) is 19.8. The Balaban J connectivity index is 1.56. The van der Waals surface area contributed by atoms with E-state index in [0.717, 1.165) is 23.6 Å². The Hall–Kier alpha value is -4.99. The summed E-state index contributed by atoms with van der Waals surface area (Å²) in [6.07, 6.45) is -2.24. The average molecular weight is 602 g/mol. The number of carbonyl (C=O) groups is 4. The number of amides is 1. The minimum absolute atomic E-state index is 0.0119. The summed E-state index contributed by atoms with van der Waals surface area (Å²) in [7, 11) is 0. The second-order valence-electron chi connectivity index (χ2n) is 9.34. The molecule has 2 aliphatic rings. The molecule has 1 amide bonds. The van der Waals surface area contributed by atoms with Crippen molar-refractivity contribution in [2.45, 2.75) is 37.9 Å². The number of esters is 1. The molecule has 0 bridgehead atoms. The standard InChI is InChI=1S/C26H23N3O12S/c1-14(41-25(34)40-12-17-5-9-19(10-6-17)29(37)38)21-23(31)27-22(24(32)33)20(13-39-15(2)30)42-26(21,27)11-16-3-7-18(8-4-16)28(35)36/h3-10,14,21H,11-13H2,1-2H3,(H,32,33)/t14-,21+,26-/m1/s1. The molecule has 2 aliphatic heterocycles. The predicted octanol–water partition coefficient (Wildman–Crippen LogP) is 3.55. The maximum absolute atomic E-state index is 13.4. The molecule has 1 N–H and O–H groups in total. The molecule has 3 atom stereocenters. The molecule has 220 valence electrons. The first kappa shape index (κ1) is 30.0. The molecule has 42 heavy (non-hydrogen) atoms. The van der Waals surface area contributed by atoms with E-state index in [1.165, 1.54) is 55.5 Å².